The molecule has 0 saturated carbocycles. The first kappa shape index (κ1) is 12.2. The molecule has 0 radical (unpaired) electrons. The molecule has 1 aromatic heterocycles. The Morgan fingerprint density at radius 3 is 2.69 bits per heavy atom. The molecule has 0 amide bonds. The largest absolute Gasteiger partial charge is 0.476 e. The second kappa shape index (κ2) is 4.79. The molecule has 0 aliphatic rings. The molecule has 1 rings (SSSR count). The van der Waals surface area contributed by atoms with E-state index >= 15 is 0 Å². The van der Waals surface area contributed by atoms with Gasteiger partial charge in [-0.3, -0.25) is 10.1 Å². The lowest BCUT2D eigenvalue weighted by Crippen LogP contribution is -2.04. The van der Waals surface area contributed by atoms with Gasteiger partial charge in [-0.15, -0.1) is 0 Å². The van der Waals surface area contributed by atoms with Gasteiger partial charge in [0, 0.05) is 0 Å². The van der Waals surface area contributed by atoms with E-state index in [-0.39, 0.29) is 5.69 Å². The molecule has 0 fully saturated rings. The summed E-state index contributed by atoms with van der Waals surface area (Å²) < 4.78 is 29.6. The first-order valence-corrected chi connectivity index (χ1v) is 4.12. The molecular weight excluding hydrogens is 226 g/mol. The lowest BCUT2D eigenvalue weighted by atomic mass is 10.2. The fraction of sp³-hybridized carbons (Fsp3) is 0.375. The number of ether oxygens (including phenoxy) is 1. The zero-order valence-electron chi connectivity index (χ0n) is 8.18. The monoisotopic (exact) mass is 234 g/mol. The summed E-state index contributed by atoms with van der Waals surface area (Å²) in [4.78, 5) is 13.1. The van der Waals surface area contributed by atoms with E-state index in [1.807, 2.05) is 0 Å². The van der Waals surface area contributed by atoms with Gasteiger partial charge in [0.2, 0.25) is 0 Å². The van der Waals surface area contributed by atoms with E-state index < -0.39 is 35.1 Å². The smallest absolute Gasteiger partial charge is 0.339 e. The van der Waals surface area contributed by atoms with Crippen LogP contribution in [0.3, 0.4) is 0 Å². The highest BCUT2D eigenvalue weighted by atomic mass is 19.3. The van der Waals surface area contributed by atoms with Gasteiger partial charge in [0.1, 0.15) is 5.56 Å². The van der Waals surface area contributed by atoms with Crippen LogP contribution in [0.15, 0.2) is 6.07 Å². The van der Waals surface area contributed by atoms with Crippen LogP contribution in [0.2, 0.25) is 0 Å². The third-order valence-electron chi connectivity index (χ3n) is 1.82. The molecule has 0 saturated heterocycles. The van der Waals surface area contributed by atoms with Crippen LogP contribution in [0.25, 0.3) is 0 Å². The maximum absolute atomic E-state index is 12.6. The van der Waals surface area contributed by atoms with Gasteiger partial charge in [-0.1, -0.05) is 0 Å². The quantitative estimate of drug-likeness (QED) is 0.629. The number of aliphatic hydroxyl groups excluding tert-OH is 1. The second-order valence-corrected chi connectivity index (χ2v) is 2.78. The third-order valence-corrected chi connectivity index (χ3v) is 1.82. The molecule has 0 spiro atoms. The summed E-state index contributed by atoms with van der Waals surface area (Å²) in [6.07, 6.45) is -3.04. The average Bonchev–Trinajstić information content (AvgIpc) is 2.26. The number of hydrogen-bond donors (Lipinski definition) is 1. The third kappa shape index (κ3) is 2.22. The van der Waals surface area contributed by atoms with Crippen molar-refractivity contribution >= 4 is 5.69 Å². The standard InChI is InChI=1S/C8H8F2N2O4/c1-16-8-6(12(14)15)5(7(9)10)2-4(3-13)11-8/h2,7,13H,3H2,1H3. The Hall–Kier alpha value is -1.83. The summed E-state index contributed by atoms with van der Waals surface area (Å²) in [6, 6.07) is 0.783. The Balaban J connectivity index is 3.47. The molecule has 1 aromatic rings. The maximum Gasteiger partial charge on any atom is 0.339 e. The summed E-state index contributed by atoms with van der Waals surface area (Å²) in [5.74, 6) is -0.535. The van der Waals surface area contributed by atoms with Crippen LogP contribution in [0.5, 0.6) is 5.88 Å². The van der Waals surface area contributed by atoms with Gasteiger partial charge in [-0.05, 0) is 6.07 Å². The molecule has 0 aromatic carbocycles. The van der Waals surface area contributed by atoms with E-state index in [0.29, 0.717) is 0 Å². The summed E-state index contributed by atoms with van der Waals surface area (Å²) in [5.41, 5.74) is -1.81. The molecule has 8 heteroatoms. The summed E-state index contributed by atoms with van der Waals surface area (Å²) in [7, 11) is 1.08. The number of rotatable bonds is 4. The van der Waals surface area contributed by atoms with Gasteiger partial charge >= 0.3 is 5.69 Å². The highest BCUT2D eigenvalue weighted by Crippen LogP contribution is 2.35. The minimum Gasteiger partial charge on any atom is -0.476 e. The van der Waals surface area contributed by atoms with Gasteiger partial charge in [0.05, 0.1) is 24.3 Å². The zero-order valence-corrected chi connectivity index (χ0v) is 8.18. The van der Waals surface area contributed by atoms with Crippen LogP contribution in [0.4, 0.5) is 14.5 Å². The molecule has 0 bridgehead atoms. The first-order chi connectivity index (χ1) is 7.51. The SMILES string of the molecule is COc1nc(CO)cc(C(F)F)c1[N+](=O)[O-]. The van der Waals surface area contributed by atoms with E-state index in [2.05, 4.69) is 9.72 Å². The predicted molar refractivity (Wildman–Crippen MR) is 48.3 cm³/mol. The molecule has 0 aliphatic carbocycles. The number of nitro groups is 1. The Labute approximate surface area is 88.6 Å². The Morgan fingerprint density at radius 1 is 1.69 bits per heavy atom. The predicted octanol–water partition coefficient (Wildman–Crippen LogP) is 1.43. The van der Waals surface area contributed by atoms with E-state index in [1.54, 1.807) is 0 Å². The number of nitrogens with zero attached hydrogens (tertiary/aromatic N) is 2. The summed E-state index contributed by atoms with van der Waals surface area (Å²) in [6.45, 7) is -0.603. The highest BCUT2D eigenvalue weighted by molar-refractivity contribution is 5.50. The van der Waals surface area contributed by atoms with Crippen LogP contribution in [0, 0.1) is 10.1 Å². The van der Waals surface area contributed by atoms with Gasteiger partial charge in [-0.25, -0.2) is 13.8 Å². The van der Waals surface area contributed by atoms with Gasteiger partial charge in [-0.2, -0.15) is 0 Å². The van der Waals surface area contributed by atoms with Crippen molar-refractivity contribution in [2.45, 2.75) is 13.0 Å². The Kier molecular flexibility index (Phi) is 3.67. The van der Waals surface area contributed by atoms with Crippen molar-refractivity contribution in [2.75, 3.05) is 7.11 Å². The first-order valence-electron chi connectivity index (χ1n) is 4.12. The van der Waals surface area contributed by atoms with Gasteiger partial charge in [0.25, 0.3) is 12.3 Å². The summed E-state index contributed by atoms with van der Waals surface area (Å²) in [5, 5.41) is 19.4. The van der Waals surface area contributed by atoms with Crippen molar-refractivity contribution in [3.63, 3.8) is 0 Å². The van der Waals surface area contributed by atoms with Crippen molar-refractivity contribution in [2.24, 2.45) is 0 Å². The van der Waals surface area contributed by atoms with Crippen molar-refractivity contribution in [3.8, 4) is 5.88 Å². The normalized spacial score (nSPS) is 10.6. The molecule has 0 unspecified atom stereocenters. The van der Waals surface area contributed by atoms with Crippen LogP contribution in [-0.4, -0.2) is 22.1 Å². The van der Waals surface area contributed by atoms with Crippen LogP contribution in [0.1, 0.15) is 17.7 Å². The molecule has 1 heterocycles. The lowest BCUT2D eigenvalue weighted by Gasteiger charge is -2.07. The van der Waals surface area contributed by atoms with Crippen LogP contribution in [-0.2, 0) is 6.61 Å². The van der Waals surface area contributed by atoms with Crippen LogP contribution < -0.4 is 4.74 Å². The lowest BCUT2D eigenvalue weighted by molar-refractivity contribution is -0.387. The van der Waals surface area contributed by atoms with Gasteiger partial charge in [0.15, 0.2) is 0 Å². The number of alkyl halides is 2. The molecule has 6 nitrogen and oxygen atoms in total. The van der Waals surface area contributed by atoms with Crippen molar-refractivity contribution < 1.29 is 23.5 Å². The van der Waals surface area contributed by atoms with Crippen LogP contribution >= 0.6 is 0 Å². The fourth-order valence-electron chi connectivity index (χ4n) is 1.16. The number of aliphatic hydroxyl groups is 1. The number of aromatic nitrogens is 1. The highest BCUT2D eigenvalue weighted by Gasteiger charge is 2.29. The Bertz CT molecular complexity index is 411. The number of hydrogen-bond acceptors (Lipinski definition) is 5. The molecule has 1 N–H and O–H groups in total. The zero-order chi connectivity index (χ0) is 12.3. The van der Waals surface area contributed by atoms with Gasteiger partial charge < -0.3 is 9.84 Å². The summed E-state index contributed by atoms with van der Waals surface area (Å²) >= 11 is 0. The van der Waals surface area contributed by atoms with E-state index in [9.17, 15) is 18.9 Å². The minimum atomic E-state index is -3.04. The second-order valence-electron chi connectivity index (χ2n) is 2.78. The molecule has 88 valence electrons. The molecule has 16 heavy (non-hydrogen) atoms. The average molecular weight is 234 g/mol. The Morgan fingerprint density at radius 2 is 2.31 bits per heavy atom. The van der Waals surface area contributed by atoms with E-state index in [4.69, 9.17) is 5.11 Å². The maximum atomic E-state index is 12.6. The number of pyridine rings is 1. The number of methoxy groups -OCH3 is 1. The topological polar surface area (TPSA) is 85.5 Å². The minimum absolute atomic E-state index is 0.113. The molecule has 0 aliphatic heterocycles. The molecule has 0 atom stereocenters. The number of halogens is 2. The van der Waals surface area contributed by atoms with E-state index in [1.165, 1.54) is 0 Å². The fourth-order valence-corrected chi connectivity index (χ4v) is 1.16. The van der Waals surface area contributed by atoms with Crippen molar-refractivity contribution in [1.29, 1.82) is 0 Å². The van der Waals surface area contributed by atoms with Crippen molar-refractivity contribution in [3.05, 3.63) is 27.4 Å². The van der Waals surface area contributed by atoms with Crippen molar-refractivity contribution in [1.82, 2.24) is 4.98 Å². The van der Waals surface area contributed by atoms with E-state index in [0.717, 1.165) is 13.2 Å². The molecular formula is C8H8F2N2O4.